The Labute approximate surface area is 120 Å². The zero-order valence-corrected chi connectivity index (χ0v) is 12.2. The van der Waals surface area contributed by atoms with Gasteiger partial charge in [0.25, 0.3) is 0 Å². The van der Waals surface area contributed by atoms with Crippen LogP contribution in [-0.2, 0) is 11.2 Å². The summed E-state index contributed by atoms with van der Waals surface area (Å²) in [5, 5.41) is 7.43. The lowest BCUT2D eigenvalue weighted by Crippen LogP contribution is -2.36. The fraction of sp³-hybridized carbons (Fsp3) is 0.438. The number of para-hydroxylation sites is 1. The Morgan fingerprint density at radius 2 is 2.15 bits per heavy atom. The van der Waals surface area contributed by atoms with Crippen molar-refractivity contribution in [1.82, 2.24) is 15.6 Å². The van der Waals surface area contributed by atoms with Crippen molar-refractivity contribution in [2.45, 2.75) is 20.3 Å². The molecule has 108 valence electrons. The summed E-state index contributed by atoms with van der Waals surface area (Å²) in [5.74, 6) is 0.128. The molecule has 0 spiro atoms. The van der Waals surface area contributed by atoms with E-state index >= 15 is 0 Å². The predicted molar refractivity (Wildman–Crippen MR) is 82.7 cm³/mol. The van der Waals surface area contributed by atoms with E-state index < -0.39 is 0 Å². The van der Waals surface area contributed by atoms with Crippen molar-refractivity contribution in [2.75, 3.05) is 19.6 Å². The molecule has 0 aliphatic rings. The van der Waals surface area contributed by atoms with E-state index in [-0.39, 0.29) is 11.8 Å². The van der Waals surface area contributed by atoms with Gasteiger partial charge in [0.05, 0.1) is 0 Å². The number of hydrogen-bond donors (Lipinski definition) is 3. The molecule has 4 nitrogen and oxygen atoms in total. The van der Waals surface area contributed by atoms with Crippen LogP contribution < -0.4 is 10.6 Å². The van der Waals surface area contributed by atoms with Gasteiger partial charge < -0.3 is 15.6 Å². The first-order valence-corrected chi connectivity index (χ1v) is 7.25. The predicted octanol–water partition coefficient (Wildman–Crippen LogP) is 2.07. The molecule has 1 aromatic heterocycles. The van der Waals surface area contributed by atoms with E-state index in [0.29, 0.717) is 6.54 Å². The molecule has 0 bridgehead atoms. The monoisotopic (exact) mass is 273 g/mol. The third kappa shape index (κ3) is 3.61. The molecule has 0 saturated heterocycles. The van der Waals surface area contributed by atoms with E-state index in [2.05, 4.69) is 27.8 Å². The highest BCUT2D eigenvalue weighted by Crippen LogP contribution is 2.17. The number of H-pyrrole nitrogens is 1. The zero-order valence-electron chi connectivity index (χ0n) is 12.2. The second kappa shape index (κ2) is 7.10. The Balaban J connectivity index is 1.82. The highest BCUT2D eigenvalue weighted by Gasteiger charge is 2.11. The Morgan fingerprint density at radius 1 is 1.35 bits per heavy atom. The maximum absolute atomic E-state index is 11.9. The minimum Gasteiger partial charge on any atom is -0.361 e. The molecular weight excluding hydrogens is 250 g/mol. The van der Waals surface area contributed by atoms with Gasteiger partial charge in [0.1, 0.15) is 0 Å². The highest BCUT2D eigenvalue weighted by atomic mass is 16.1. The molecule has 1 atom stereocenters. The molecule has 0 radical (unpaired) electrons. The van der Waals surface area contributed by atoms with Gasteiger partial charge in [0, 0.05) is 36.1 Å². The van der Waals surface area contributed by atoms with Crippen LogP contribution in [0.15, 0.2) is 30.5 Å². The van der Waals surface area contributed by atoms with Crippen LogP contribution in [0.3, 0.4) is 0 Å². The first-order valence-electron chi connectivity index (χ1n) is 7.25. The lowest BCUT2D eigenvalue weighted by atomic mass is 10.1. The number of fused-ring (bicyclic) bond motifs is 1. The van der Waals surface area contributed by atoms with Crippen LogP contribution in [0.25, 0.3) is 10.9 Å². The van der Waals surface area contributed by atoms with Crippen molar-refractivity contribution in [2.24, 2.45) is 5.92 Å². The fourth-order valence-corrected chi connectivity index (χ4v) is 2.29. The second-order valence-corrected chi connectivity index (χ2v) is 5.11. The quantitative estimate of drug-likeness (QED) is 0.723. The van der Waals surface area contributed by atoms with E-state index in [1.807, 2.05) is 32.2 Å². The Kier molecular flexibility index (Phi) is 5.18. The lowest BCUT2D eigenvalue weighted by molar-refractivity contribution is -0.124. The SMILES string of the molecule is CCNCC(C)C(=O)NCCc1c[nH]c2ccccc12. The fourth-order valence-electron chi connectivity index (χ4n) is 2.29. The molecule has 1 amide bonds. The first-order chi connectivity index (χ1) is 9.72. The van der Waals surface area contributed by atoms with Gasteiger partial charge in [0.15, 0.2) is 0 Å². The van der Waals surface area contributed by atoms with Crippen LogP contribution in [-0.4, -0.2) is 30.5 Å². The van der Waals surface area contributed by atoms with Gasteiger partial charge in [-0.05, 0) is 24.6 Å². The molecule has 1 aromatic carbocycles. The van der Waals surface area contributed by atoms with Gasteiger partial charge >= 0.3 is 0 Å². The van der Waals surface area contributed by atoms with Gasteiger partial charge in [0.2, 0.25) is 5.91 Å². The maximum atomic E-state index is 11.9. The van der Waals surface area contributed by atoms with E-state index in [1.165, 1.54) is 10.9 Å². The number of benzene rings is 1. The van der Waals surface area contributed by atoms with Crippen molar-refractivity contribution in [3.05, 3.63) is 36.0 Å². The minimum absolute atomic E-state index is 0.0120. The van der Waals surface area contributed by atoms with Crippen molar-refractivity contribution < 1.29 is 4.79 Å². The van der Waals surface area contributed by atoms with Crippen molar-refractivity contribution in [3.8, 4) is 0 Å². The largest absolute Gasteiger partial charge is 0.361 e. The van der Waals surface area contributed by atoms with Crippen molar-refractivity contribution in [1.29, 1.82) is 0 Å². The summed E-state index contributed by atoms with van der Waals surface area (Å²) >= 11 is 0. The molecule has 20 heavy (non-hydrogen) atoms. The summed E-state index contributed by atoms with van der Waals surface area (Å²) in [6.45, 7) is 6.30. The smallest absolute Gasteiger partial charge is 0.224 e. The minimum atomic E-state index is 0.0120. The number of amides is 1. The second-order valence-electron chi connectivity index (χ2n) is 5.11. The number of carbonyl (C=O) groups is 1. The molecule has 0 saturated carbocycles. The normalized spacial score (nSPS) is 12.5. The van der Waals surface area contributed by atoms with Crippen LogP contribution >= 0.6 is 0 Å². The number of aromatic amines is 1. The van der Waals surface area contributed by atoms with Gasteiger partial charge in [-0.1, -0.05) is 32.0 Å². The van der Waals surface area contributed by atoms with Crippen LogP contribution in [0, 0.1) is 5.92 Å². The van der Waals surface area contributed by atoms with Gasteiger partial charge in [-0.25, -0.2) is 0 Å². The van der Waals surface area contributed by atoms with E-state index in [1.54, 1.807) is 0 Å². The van der Waals surface area contributed by atoms with E-state index in [0.717, 1.165) is 25.0 Å². The third-order valence-electron chi connectivity index (χ3n) is 3.52. The third-order valence-corrected chi connectivity index (χ3v) is 3.52. The summed E-state index contributed by atoms with van der Waals surface area (Å²) in [7, 11) is 0. The summed E-state index contributed by atoms with van der Waals surface area (Å²) in [5.41, 5.74) is 2.40. The topological polar surface area (TPSA) is 56.9 Å². The molecule has 1 heterocycles. The van der Waals surface area contributed by atoms with Crippen molar-refractivity contribution in [3.63, 3.8) is 0 Å². The molecule has 3 N–H and O–H groups in total. The Bertz CT molecular complexity index is 562. The molecule has 4 heteroatoms. The average molecular weight is 273 g/mol. The molecule has 0 aliphatic heterocycles. The van der Waals surface area contributed by atoms with Crippen LogP contribution in [0.5, 0.6) is 0 Å². The summed E-state index contributed by atoms with van der Waals surface area (Å²) in [4.78, 5) is 15.1. The number of aromatic nitrogens is 1. The van der Waals surface area contributed by atoms with Crippen molar-refractivity contribution >= 4 is 16.8 Å². The molecule has 2 rings (SSSR count). The van der Waals surface area contributed by atoms with Crippen LogP contribution in [0.4, 0.5) is 0 Å². The van der Waals surface area contributed by atoms with Gasteiger partial charge in [-0.15, -0.1) is 0 Å². The van der Waals surface area contributed by atoms with Crippen LogP contribution in [0.2, 0.25) is 0 Å². The first kappa shape index (κ1) is 14.6. The summed E-state index contributed by atoms with van der Waals surface area (Å²) in [6.07, 6.45) is 2.88. The van der Waals surface area contributed by atoms with Gasteiger partial charge in [-0.2, -0.15) is 0 Å². The molecule has 0 fully saturated rings. The van der Waals surface area contributed by atoms with E-state index in [4.69, 9.17) is 0 Å². The maximum Gasteiger partial charge on any atom is 0.224 e. The Morgan fingerprint density at radius 3 is 2.95 bits per heavy atom. The number of carbonyl (C=O) groups excluding carboxylic acids is 1. The average Bonchev–Trinajstić information content (AvgIpc) is 2.88. The zero-order chi connectivity index (χ0) is 14.4. The standard InChI is InChI=1S/C16H23N3O/c1-3-17-10-12(2)16(20)18-9-8-13-11-19-15-7-5-4-6-14(13)15/h4-7,11-12,17,19H,3,8-10H2,1-2H3,(H,18,20). The Hall–Kier alpha value is -1.81. The molecule has 1 unspecified atom stereocenters. The summed E-state index contributed by atoms with van der Waals surface area (Å²) in [6, 6.07) is 8.23. The molecular formula is C16H23N3O. The van der Waals surface area contributed by atoms with Crippen LogP contribution in [0.1, 0.15) is 19.4 Å². The summed E-state index contributed by atoms with van der Waals surface area (Å²) < 4.78 is 0. The number of nitrogens with one attached hydrogen (secondary N) is 3. The molecule has 0 aliphatic carbocycles. The molecule has 2 aromatic rings. The number of rotatable bonds is 7. The number of hydrogen-bond acceptors (Lipinski definition) is 2. The van der Waals surface area contributed by atoms with E-state index in [9.17, 15) is 4.79 Å². The van der Waals surface area contributed by atoms with Gasteiger partial charge in [-0.3, -0.25) is 4.79 Å². The highest BCUT2D eigenvalue weighted by molar-refractivity contribution is 5.83. The lowest BCUT2D eigenvalue weighted by Gasteiger charge is -2.12.